The molecule has 5 heteroatoms. The highest BCUT2D eigenvalue weighted by Crippen LogP contribution is 2.31. The van der Waals surface area contributed by atoms with Gasteiger partial charge in [-0.05, 0) is 49.3 Å². The van der Waals surface area contributed by atoms with Crippen LogP contribution in [-0.4, -0.2) is 21.1 Å². The topological polar surface area (TPSA) is 58.4 Å². The lowest BCUT2D eigenvalue weighted by molar-refractivity contribution is 0.313. The highest BCUT2D eigenvalue weighted by Gasteiger charge is 2.26. The average molecular weight is 374 g/mol. The molecule has 120 valence electrons. The van der Waals surface area contributed by atoms with Crippen molar-refractivity contribution < 1.29 is 5.21 Å². The van der Waals surface area contributed by atoms with Crippen LogP contribution in [0.5, 0.6) is 0 Å². The van der Waals surface area contributed by atoms with Crippen LogP contribution in [0.15, 0.2) is 40.0 Å². The summed E-state index contributed by atoms with van der Waals surface area (Å²) in [5.74, 6) is 1.10. The van der Waals surface area contributed by atoms with E-state index in [-0.39, 0.29) is 0 Å². The molecular formula is C18H20BrN3O. The van der Waals surface area contributed by atoms with Gasteiger partial charge in [-0.25, -0.2) is 0 Å². The minimum absolute atomic E-state index is 0.473. The van der Waals surface area contributed by atoms with E-state index in [1.807, 2.05) is 30.3 Å². The van der Waals surface area contributed by atoms with Gasteiger partial charge in [0.2, 0.25) is 0 Å². The van der Waals surface area contributed by atoms with Crippen molar-refractivity contribution >= 4 is 21.6 Å². The van der Waals surface area contributed by atoms with Crippen LogP contribution in [0.4, 0.5) is 0 Å². The zero-order valence-electron chi connectivity index (χ0n) is 13.3. The Morgan fingerprint density at radius 3 is 2.61 bits per heavy atom. The highest BCUT2D eigenvalue weighted by molar-refractivity contribution is 9.10. The van der Waals surface area contributed by atoms with Gasteiger partial charge in [0.15, 0.2) is 0 Å². The second-order valence-corrected chi connectivity index (χ2v) is 7.46. The van der Waals surface area contributed by atoms with Crippen molar-refractivity contribution in [3.8, 4) is 11.3 Å². The molecule has 1 heterocycles. The van der Waals surface area contributed by atoms with Gasteiger partial charge in [-0.1, -0.05) is 47.1 Å². The number of halogens is 1. The Hall–Kier alpha value is -1.75. The Kier molecular flexibility index (Phi) is 4.76. The summed E-state index contributed by atoms with van der Waals surface area (Å²) in [6.45, 7) is 4.43. The molecule has 0 amide bonds. The Labute approximate surface area is 144 Å². The molecule has 1 aromatic heterocycles. The monoisotopic (exact) mass is 373 g/mol. The summed E-state index contributed by atoms with van der Waals surface area (Å²) >= 11 is 3.44. The first-order valence-electron chi connectivity index (χ1n) is 7.90. The number of rotatable bonds is 3. The molecule has 1 aliphatic carbocycles. The van der Waals surface area contributed by atoms with Crippen molar-refractivity contribution in [2.75, 3.05) is 0 Å². The Morgan fingerprint density at radius 1 is 1.22 bits per heavy atom. The summed E-state index contributed by atoms with van der Waals surface area (Å²) in [4.78, 5) is 0. The molecule has 1 aromatic carbocycles. The molecule has 0 fully saturated rings. The first-order chi connectivity index (χ1) is 11.1. The van der Waals surface area contributed by atoms with Crippen molar-refractivity contribution in [2.45, 2.75) is 33.1 Å². The molecule has 3 rings (SSSR count). The minimum Gasteiger partial charge on any atom is -0.411 e. The molecule has 0 radical (unpaired) electrons. The van der Waals surface area contributed by atoms with Gasteiger partial charge >= 0.3 is 0 Å². The summed E-state index contributed by atoms with van der Waals surface area (Å²) in [6, 6.07) is 9.96. The van der Waals surface area contributed by atoms with Crippen LogP contribution in [0.3, 0.4) is 0 Å². The van der Waals surface area contributed by atoms with Crippen LogP contribution in [-0.2, 0) is 6.42 Å². The van der Waals surface area contributed by atoms with Gasteiger partial charge in [-0.2, -0.15) is 10.2 Å². The van der Waals surface area contributed by atoms with E-state index in [0.29, 0.717) is 11.8 Å². The van der Waals surface area contributed by atoms with E-state index in [1.165, 1.54) is 0 Å². The number of fused-ring (bicyclic) bond motifs is 1. The van der Waals surface area contributed by atoms with Crippen LogP contribution in [0.1, 0.15) is 37.9 Å². The molecule has 0 spiro atoms. The SMILES string of the molecule is CC(C)C[C@@H]1C/C(=N/O)c2cc(-c3ccc(Br)cc3)nnc2C1. The predicted octanol–water partition coefficient (Wildman–Crippen LogP) is 4.69. The van der Waals surface area contributed by atoms with Crippen LogP contribution >= 0.6 is 15.9 Å². The maximum Gasteiger partial charge on any atom is 0.0936 e. The van der Waals surface area contributed by atoms with E-state index < -0.39 is 0 Å². The molecule has 4 nitrogen and oxygen atoms in total. The van der Waals surface area contributed by atoms with Gasteiger partial charge in [0.1, 0.15) is 0 Å². The zero-order chi connectivity index (χ0) is 16.4. The van der Waals surface area contributed by atoms with Gasteiger partial charge in [0.25, 0.3) is 0 Å². The minimum atomic E-state index is 0.473. The number of oxime groups is 1. The molecule has 23 heavy (non-hydrogen) atoms. The van der Waals surface area contributed by atoms with E-state index in [1.54, 1.807) is 0 Å². The lowest BCUT2D eigenvalue weighted by Crippen LogP contribution is -2.24. The number of hydrogen-bond acceptors (Lipinski definition) is 4. The van der Waals surface area contributed by atoms with Gasteiger partial charge in [-0.15, -0.1) is 0 Å². The largest absolute Gasteiger partial charge is 0.411 e. The van der Waals surface area contributed by atoms with Gasteiger partial charge in [-0.3, -0.25) is 0 Å². The van der Waals surface area contributed by atoms with Gasteiger partial charge in [0, 0.05) is 15.6 Å². The fraction of sp³-hybridized carbons (Fsp3) is 0.389. The van der Waals surface area contributed by atoms with Crippen molar-refractivity contribution in [3.63, 3.8) is 0 Å². The first kappa shape index (κ1) is 16.1. The third-order valence-electron chi connectivity index (χ3n) is 4.21. The van der Waals surface area contributed by atoms with Gasteiger partial charge in [0.05, 0.1) is 17.1 Å². The maximum absolute atomic E-state index is 9.42. The summed E-state index contributed by atoms with van der Waals surface area (Å²) in [5, 5.41) is 21.8. The van der Waals surface area contributed by atoms with E-state index in [4.69, 9.17) is 0 Å². The lowest BCUT2D eigenvalue weighted by atomic mass is 9.81. The lowest BCUT2D eigenvalue weighted by Gasteiger charge is -2.25. The predicted molar refractivity (Wildman–Crippen MR) is 94.8 cm³/mol. The zero-order valence-corrected chi connectivity index (χ0v) is 14.9. The average Bonchev–Trinajstić information content (AvgIpc) is 2.54. The van der Waals surface area contributed by atoms with Crippen LogP contribution in [0.2, 0.25) is 0 Å². The van der Waals surface area contributed by atoms with Gasteiger partial charge < -0.3 is 5.21 Å². The second kappa shape index (κ2) is 6.79. The van der Waals surface area contributed by atoms with Crippen LogP contribution in [0.25, 0.3) is 11.3 Å². The van der Waals surface area contributed by atoms with E-state index in [0.717, 1.165) is 52.0 Å². The fourth-order valence-corrected chi connectivity index (χ4v) is 3.50. The van der Waals surface area contributed by atoms with Crippen molar-refractivity contribution in [1.29, 1.82) is 0 Å². The smallest absolute Gasteiger partial charge is 0.0936 e. The molecule has 1 aliphatic rings. The number of benzene rings is 1. The molecule has 0 bridgehead atoms. The summed E-state index contributed by atoms with van der Waals surface area (Å²) in [5.41, 5.74) is 4.41. The summed E-state index contributed by atoms with van der Waals surface area (Å²) < 4.78 is 1.03. The van der Waals surface area contributed by atoms with E-state index >= 15 is 0 Å². The third-order valence-corrected chi connectivity index (χ3v) is 4.74. The van der Waals surface area contributed by atoms with E-state index in [9.17, 15) is 5.21 Å². The Bertz CT molecular complexity index is 726. The molecular weight excluding hydrogens is 354 g/mol. The molecule has 0 unspecified atom stereocenters. The number of nitrogens with zero attached hydrogens (tertiary/aromatic N) is 3. The highest BCUT2D eigenvalue weighted by atomic mass is 79.9. The van der Waals surface area contributed by atoms with Crippen molar-refractivity contribution in [2.24, 2.45) is 17.0 Å². The van der Waals surface area contributed by atoms with Crippen molar-refractivity contribution in [1.82, 2.24) is 10.2 Å². The number of hydrogen-bond donors (Lipinski definition) is 1. The van der Waals surface area contributed by atoms with Crippen LogP contribution < -0.4 is 0 Å². The standard InChI is InChI=1S/C18H20BrN3O/c1-11(2)7-12-8-17-15(18(9-12)22-23)10-16(20-21-17)13-3-5-14(19)6-4-13/h3-6,10-12,23H,7-9H2,1-2H3/b22-18-/t12-/m0/s1. The molecule has 2 aromatic rings. The van der Waals surface area contributed by atoms with Crippen LogP contribution in [0, 0.1) is 11.8 Å². The molecule has 0 saturated carbocycles. The Balaban J connectivity index is 1.95. The first-order valence-corrected chi connectivity index (χ1v) is 8.70. The maximum atomic E-state index is 9.42. The summed E-state index contributed by atoms with van der Waals surface area (Å²) in [7, 11) is 0. The van der Waals surface area contributed by atoms with Crippen molar-refractivity contribution in [3.05, 3.63) is 46.1 Å². The molecule has 0 saturated heterocycles. The number of aromatic nitrogens is 2. The Morgan fingerprint density at radius 2 is 1.96 bits per heavy atom. The molecule has 1 atom stereocenters. The third kappa shape index (κ3) is 3.61. The fourth-order valence-electron chi connectivity index (χ4n) is 3.24. The quantitative estimate of drug-likeness (QED) is 0.626. The van der Waals surface area contributed by atoms with E-state index in [2.05, 4.69) is 45.1 Å². The molecule has 1 N–H and O–H groups in total. The normalized spacial score (nSPS) is 19.1. The molecule has 0 aliphatic heterocycles. The summed E-state index contributed by atoms with van der Waals surface area (Å²) in [6.07, 6.45) is 2.81. The second-order valence-electron chi connectivity index (χ2n) is 6.55.